The molecule has 4 nitrogen and oxygen atoms in total. The predicted molar refractivity (Wildman–Crippen MR) is 66.1 cm³/mol. The largest absolute Gasteiger partial charge is 0.487 e. The van der Waals surface area contributed by atoms with Gasteiger partial charge >= 0.3 is 0 Å². The molecule has 2 fully saturated rings. The van der Waals surface area contributed by atoms with Crippen molar-refractivity contribution in [3.8, 4) is 5.75 Å². The van der Waals surface area contributed by atoms with E-state index in [0.717, 1.165) is 18.8 Å². The Hall–Kier alpha value is -1.03. The Kier molecular flexibility index (Phi) is 3.31. The number of aromatic nitrogens is 2. The van der Waals surface area contributed by atoms with Gasteiger partial charge in [0.25, 0.3) is 0 Å². The summed E-state index contributed by atoms with van der Waals surface area (Å²) in [7, 11) is 0. The maximum absolute atomic E-state index is 5.92. The van der Waals surface area contributed by atoms with Gasteiger partial charge in [0.1, 0.15) is 0 Å². The van der Waals surface area contributed by atoms with E-state index in [-0.39, 0.29) is 0 Å². The van der Waals surface area contributed by atoms with E-state index >= 15 is 0 Å². The first kappa shape index (κ1) is 11.1. The minimum absolute atomic E-state index is 0.428. The molecule has 1 N–H and O–H groups in total. The van der Waals surface area contributed by atoms with Crippen molar-refractivity contribution >= 4 is 0 Å². The topological polar surface area (TPSA) is 39.1 Å². The van der Waals surface area contributed by atoms with Gasteiger partial charge in [-0.25, -0.2) is 0 Å². The zero-order valence-corrected chi connectivity index (χ0v) is 10.3. The quantitative estimate of drug-likeness (QED) is 0.867. The molecule has 1 aliphatic heterocycles. The van der Waals surface area contributed by atoms with Crippen LogP contribution in [0.15, 0.2) is 12.4 Å². The second kappa shape index (κ2) is 5.08. The lowest BCUT2D eigenvalue weighted by Gasteiger charge is -2.11. The maximum atomic E-state index is 5.92. The third kappa shape index (κ3) is 2.80. The predicted octanol–water partition coefficient (Wildman–Crippen LogP) is 1.96. The molecule has 1 unspecified atom stereocenters. The molecule has 1 aromatic rings. The fourth-order valence-electron chi connectivity index (χ4n) is 2.84. The molecular formula is C13H21N3O. The van der Waals surface area contributed by atoms with Gasteiger partial charge in [-0.3, -0.25) is 4.68 Å². The lowest BCUT2D eigenvalue weighted by Crippen LogP contribution is -2.26. The second-order valence-electron chi connectivity index (χ2n) is 5.22. The van der Waals surface area contributed by atoms with Crippen LogP contribution in [0.4, 0.5) is 0 Å². The van der Waals surface area contributed by atoms with Crippen LogP contribution in [-0.2, 0) is 6.54 Å². The summed E-state index contributed by atoms with van der Waals surface area (Å²) >= 11 is 0. The molecule has 1 atom stereocenters. The molecule has 1 saturated carbocycles. The number of nitrogens with zero attached hydrogens (tertiary/aromatic N) is 2. The van der Waals surface area contributed by atoms with E-state index in [9.17, 15) is 0 Å². The first-order chi connectivity index (χ1) is 8.40. The summed E-state index contributed by atoms with van der Waals surface area (Å²) in [6.45, 7) is 2.12. The smallest absolute Gasteiger partial charge is 0.157 e. The minimum Gasteiger partial charge on any atom is -0.487 e. The Morgan fingerprint density at radius 2 is 2.18 bits per heavy atom. The molecule has 2 heterocycles. The zero-order chi connectivity index (χ0) is 11.5. The SMILES string of the molecule is c1nn(CC2CCCN2)cc1OC1CCCC1. The molecule has 1 saturated heterocycles. The number of rotatable bonds is 4. The van der Waals surface area contributed by atoms with Crippen molar-refractivity contribution in [1.82, 2.24) is 15.1 Å². The average molecular weight is 235 g/mol. The van der Waals surface area contributed by atoms with Gasteiger partial charge in [-0.2, -0.15) is 5.10 Å². The molecule has 0 spiro atoms. The van der Waals surface area contributed by atoms with Crippen LogP contribution in [-0.4, -0.2) is 28.5 Å². The van der Waals surface area contributed by atoms with Crippen LogP contribution < -0.4 is 10.1 Å². The van der Waals surface area contributed by atoms with Crippen molar-refractivity contribution in [2.75, 3.05) is 6.54 Å². The van der Waals surface area contributed by atoms with Gasteiger partial charge in [0, 0.05) is 6.04 Å². The van der Waals surface area contributed by atoms with Gasteiger partial charge in [0.15, 0.2) is 5.75 Å². The molecule has 4 heteroatoms. The normalized spacial score (nSPS) is 25.5. The molecular weight excluding hydrogens is 214 g/mol. The van der Waals surface area contributed by atoms with Crippen molar-refractivity contribution in [3.05, 3.63) is 12.4 Å². The van der Waals surface area contributed by atoms with E-state index in [4.69, 9.17) is 4.74 Å². The van der Waals surface area contributed by atoms with Crippen molar-refractivity contribution < 1.29 is 4.74 Å². The molecule has 17 heavy (non-hydrogen) atoms. The maximum Gasteiger partial charge on any atom is 0.157 e. The highest BCUT2D eigenvalue weighted by Crippen LogP contribution is 2.23. The first-order valence-corrected chi connectivity index (χ1v) is 6.83. The van der Waals surface area contributed by atoms with Crippen molar-refractivity contribution in [2.24, 2.45) is 0 Å². The summed E-state index contributed by atoms with van der Waals surface area (Å²) in [5, 5.41) is 7.86. The highest BCUT2D eigenvalue weighted by atomic mass is 16.5. The third-order valence-corrected chi connectivity index (χ3v) is 3.78. The second-order valence-corrected chi connectivity index (χ2v) is 5.22. The molecule has 0 amide bonds. The van der Waals surface area contributed by atoms with Gasteiger partial charge in [-0.15, -0.1) is 0 Å². The lowest BCUT2D eigenvalue weighted by atomic mass is 10.2. The highest BCUT2D eigenvalue weighted by molar-refractivity contribution is 5.12. The fourth-order valence-corrected chi connectivity index (χ4v) is 2.84. The summed E-state index contributed by atoms with van der Waals surface area (Å²) in [4.78, 5) is 0. The Morgan fingerprint density at radius 3 is 2.94 bits per heavy atom. The van der Waals surface area contributed by atoms with E-state index in [2.05, 4.69) is 10.4 Å². The van der Waals surface area contributed by atoms with E-state index in [1.165, 1.54) is 38.5 Å². The number of nitrogens with one attached hydrogen (secondary N) is 1. The van der Waals surface area contributed by atoms with Gasteiger partial charge in [-0.05, 0) is 45.1 Å². The van der Waals surface area contributed by atoms with Crippen LogP contribution in [0.1, 0.15) is 38.5 Å². The molecule has 0 radical (unpaired) electrons. The van der Waals surface area contributed by atoms with Gasteiger partial charge in [0.2, 0.25) is 0 Å². The van der Waals surface area contributed by atoms with E-state index in [1.807, 2.05) is 17.1 Å². The molecule has 2 aliphatic rings. The Labute approximate surface area is 102 Å². The Morgan fingerprint density at radius 1 is 1.29 bits per heavy atom. The molecule has 0 aromatic carbocycles. The number of hydrogen-bond donors (Lipinski definition) is 1. The molecule has 1 aliphatic carbocycles. The average Bonchev–Trinajstić information content (AvgIpc) is 3.02. The molecule has 94 valence electrons. The zero-order valence-electron chi connectivity index (χ0n) is 10.3. The standard InChI is InChI=1S/C13H21N3O/c1-2-6-12(5-1)17-13-8-15-16(10-13)9-11-4-3-7-14-11/h8,10-12,14H,1-7,9H2. The van der Waals surface area contributed by atoms with E-state index in [0.29, 0.717) is 12.1 Å². The fraction of sp³-hybridized carbons (Fsp3) is 0.769. The van der Waals surface area contributed by atoms with Crippen LogP contribution in [0.25, 0.3) is 0 Å². The van der Waals surface area contributed by atoms with Crippen molar-refractivity contribution in [1.29, 1.82) is 0 Å². The number of hydrogen-bond acceptors (Lipinski definition) is 3. The van der Waals surface area contributed by atoms with Crippen LogP contribution in [0.2, 0.25) is 0 Å². The van der Waals surface area contributed by atoms with Crippen LogP contribution in [0.3, 0.4) is 0 Å². The minimum atomic E-state index is 0.428. The molecule has 3 rings (SSSR count). The van der Waals surface area contributed by atoms with Crippen LogP contribution >= 0.6 is 0 Å². The number of ether oxygens (including phenoxy) is 1. The monoisotopic (exact) mass is 235 g/mol. The highest BCUT2D eigenvalue weighted by Gasteiger charge is 2.18. The van der Waals surface area contributed by atoms with Crippen molar-refractivity contribution in [3.63, 3.8) is 0 Å². The lowest BCUT2D eigenvalue weighted by molar-refractivity contribution is 0.209. The molecule has 1 aromatic heterocycles. The van der Waals surface area contributed by atoms with E-state index < -0.39 is 0 Å². The van der Waals surface area contributed by atoms with Gasteiger partial charge < -0.3 is 10.1 Å². The summed E-state index contributed by atoms with van der Waals surface area (Å²) in [6, 6.07) is 0.592. The third-order valence-electron chi connectivity index (χ3n) is 3.78. The summed E-state index contributed by atoms with van der Waals surface area (Å²) in [5.41, 5.74) is 0. The van der Waals surface area contributed by atoms with Gasteiger partial charge in [-0.1, -0.05) is 0 Å². The summed E-state index contributed by atoms with van der Waals surface area (Å²) in [6.07, 6.45) is 11.9. The van der Waals surface area contributed by atoms with E-state index in [1.54, 1.807) is 0 Å². The first-order valence-electron chi connectivity index (χ1n) is 6.83. The Bertz CT molecular complexity index is 319. The van der Waals surface area contributed by atoms with Crippen molar-refractivity contribution in [2.45, 2.75) is 57.2 Å². The van der Waals surface area contributed by atoms with Gasteiger partial charge in [0.05, 0.1) is 25.0 Å². The summed E-state index contributed by atoms with van der Waals surface area (Å²) < 4.78 is 7.92. The summed E-state index contributed by atoms with van der Waals surface area (Å²) in [5.74, 6) is 0.940. The molecule has 0 bridgehead atoms. The van der Waals surface area contributed by atoms with Crippen LogP contribution in [0, 0.1) is 0 Å². The Balaban J connectivity index is 1.54. The van der Waals surface area contributed by atoms with Crippen LogP contribution in [0.5, 0.6) is 5.75 Å².